The molecule has 2 nitrogen and oxygen atoms in total. The van der Waals surface area contributed by atoms with Gasteiger partial charge in [-0.3, -0.25) is 0 Å². The molecule has 1 aromatic heterocycles. The maximum Gasteiger partial charge on any atom is 0.129 e. The fourth-order valence-electron chi connectivity index (χ4n) is 1.23. The van der Waals surface area contributed by atoms with Crippen LogP contribution in [-0.4, -0.2) is 22.5 Å². The molecule has 0 saturated heterocycles. The quantitative estimate of drug-likeness (QED) is 0.752. The molecule has 0 N–H and O–H groups in total. The highest BCUT2D eigenvalue weighted by atomic mass is 32.2. The topological polar surface area (TPSA) is 25.8 Å². The first-order valence-corrected chi connectivity index (χ1v) is 7.65. The van der Waals surface area contributed by atoms with E-state index in [9.17, 15) is 0 Å². The van der Waals surface area contributed by atoms with E-state index in [0.29, 0.717) is 0 Å². The molecule has 86 valence electrons. The van der Waals surface area contributed by atoms with Crippen molar-refractivity contribution in [3.8, 4) is 0 Å². The molecule has 0 bridgehead atoms. The largest absolute Gasteiger partial charge is 0.237 e. The zero-order valence-electron chi connectivity index (χ0n) is 10.0. The van der Waals surface area contributed by atoms with E-state index in [1.165, 1.54) is 0 Å². The maximum absolute atomic E-state index is 4.54. The third kappa shape index (κ3) is 2.89. The summed E-state index contributed by atoms with van der Waals surface area (Å²) in [7, 11) is 0. The van der Waals surface area contributed by atoms with Gasteiger partial charge >= 0.3 is 0 Å². The summed E-state index contributed by atoms with van der Waals surface area (Å²) in [6.07, 6.45) is 4.05. The first-order chi connectivity index (χ1) is 7.85. The molecule has 2 aromatic rings. The van der Waals surface area contributed by atoms with E-state index >= 15 is 0 Å². The van der Waals surface area contributed by atoms with Crippen LogP contribution in [0.5, 0.6) is 0 Å². The standard InChI is InChI=1S/C10H10N2S2.C2H6/c1-13-9-10(14-2)12-8-6-4-3-5-7(8)11-9;1-2/h3-6H,1-2H3;1-2H3. The minimum absolute atomic E-state index is 0.967. The van der Waals surface area contributed by atoms with Gasteiger partial charge in [0, 0.05) is 0 Å². The number of para-hydroxylation sites is 2. The number of aromatic nitrogens is 2. The zero-order chi connectivity index (χ0) is 12.0. The van der Waals surface area contributed by atoms with E-state index in [2.05, 4.69) is 9.97 Å². The van der Waals surface area contributed by atoms with Crippen molar-refractivity contribution in [2.75, 3.05) is 12.5 Å². The molecular weight excluding hydrogens is 236 g/mol. The molecule has 2 rings (SSSR count). The van der Waals surface area contributed by atoms with Gasteiger partial charge in [-0.25, -0.2) is 9.97 Å². The molecule has 1 aromatic carbocycles. The number of fused-ring (bicyclic) bond motifs is 1. The van der Waals surface area contributed by atoms with Gasteiger partial charge in [0.15, 0.2) is 0 Å². The van der Waals surface area contributed by atoms with Crippen LogP contribution in [0, 0.1) is 0 Å². The SMILES string of the molecule is CC.CSc1nc2ccccc2nc1SC. The summed E-state index contributed by atoms with van der Waals surface area (Å²) >= 11 is 3.28. The van der Waals surface area contributed by atoms with Gasteiger partial charge in [0.05, 0.1) is 11.0 Å². The minimum Gasteiger partial charge on any atom is -0.237 e. The third-order valence-corrected chi connectivity index (χ3v) is 3.37. The second-order valence-corrected chi connectivity index (χ2v) is 4.32. The Hall–Kier alpha value is -0.740. The van der Waals surface area contributed by atoms with Crippen LogP contribution in [0.3, 0.4) is 0 Å². The average molecular weight is 252 g/mol. The van der Waals surface area contributed by atoms with Crippen molar-refractivity contribution in [1.29, 1.82) is 0 Å². The van der Waals surface area contributed by atoms with Crippen LogP contribution in [0.2, 0.25) is 0 Å². The van der Waals surface area contributed by atoms with E-state index in [1.54, 1.807) is 23.5 Å². The highest BCUT2D eigenvalue weighted by Gasteiger charge is 2.05. The van der Waals surface area contributed by atoms with Gasteiger partial charge in [-0.15, -0.1) is 23.5 Å². The van der Waals surface area contributed by atoms with E-state index in [-0.39, 0.29) is 0 Å². The Bertz CT molecular complexity index is 415. The summed E-state index contributed by atoms with van der Waals surface area (Å²) in [6, 6.07) is 7.96. The number of hydrogen-bond acceptors (Lipinski definition) is 4. The number of rotatable bonds is 2. The Morgan fingerprint density at radius 2 is 1.19 bits per heavy atom. The molecule has 0 spiro atoms. The molecular formula is C12H16N2S2. The predicted molar refractivity (Wildman–Crippen MR) is 74.4 cm³/mol. The Balaban J connectivity index is 0.000000606. The highest BCUT2D eigenvalue weighted by Crippen LogP contribution is 2.26. The molecule has 0 radical (unpaired) electrons. The second kappa shape index (κ2) is 6.76. The summed E-state index contributed by atoms with van der Waals surface area (Å²) in [5.41, 5.74) is 1.93. The van der Waals surface area contributed by atoms with Gasteiger partial charge in [-0.1, -0.05) is 26.0 Å². The number of nitrogens with zero attached hydrogens (tertiary/aromatic N) is 2. The summed E-state index contributed by atoms with van der Waals surface area (Å²) in [6.45, 7) is 4.00. The van der Waals surface area contributed by atoms with Crippen LogP contribution in [0.25, 0.3) is 11.0 Å². The Morgan fingerprint density at radius 3 is 1.50 bits per heavy atom. The average Bonchev–Trinajstić information content (AvgIpc) is 2.39. The second-order valence-electron chi connectivity index (χ2n) is 2.73. The summed E-state index contributed by atoms with van der Waals surface area (Å²) < 4.78 is 0. The van der Waals surface area contributed by atoms with Crippen LogP contribution in [0.15, 0.2) is 34.3 Å². The van der Waals surface area contributed by atoms with Crippen LogP contribution < -0.4 is 0 Å². The molecule has 0 aliphatic heterocycles. The van der Waals surface area contributed by atoms with E-state index < -0.39 is 0 Å². The molecule has 0 fully saturated rings. The van der Waals surface area contributed by atoms with E-state index in [4.69, 9.17) is 0 Å². The van der Waals surface area contributed by atoms with Crippen LogP contribution in [0.4, 0.5) is 0 Å². The number of thioether (sulfide) groups is 2. The first-order valence-electron chi connectivity index (χ1n) is 5.20. The Kier molecular flexibility index (Phi) is 5.63. The fourth-order valence-corrected chi connectivity index (χ4v) is 2.55. The molecule has 0 amide bonds. The maximum atomic E-state index is 4.54. The van der Waals surface area contributed by atoms with E-state index in [0.717, 1.165) is 21.1 Å². The monoisotopic (exact) mass is 252 g/mol. The molecule has 4 heteroatoms. The lowest BCUT2D eigenvalue weighted by Crippen LogP contribution is -1.90. The van der Waals surface area contributed by atoms with Crippen molar-refractivity contribution in [2.24, 2.45) is 0 Å². The van der Waals surface area contributed by atoms with Crippen LogP contribution in [-0.2, 0) is 0 Å². The fraction of sp³-hybridized carbons (Fsp3) is 0.333. The molecule has 0 aliphatic carbocycles. The normalized spacial score (nSPS) is 9.75. The number of hydrogen-bond donors (Lipinski definition) is 0. The van der Waals surface area contributed by atoms with Gasteiger partial charge in [-0.05, 0) is 24.6 Å². The van der Waals surface area contributed by atoms with Gasteiger partial charge in [0.1, 0.15) is 10.1 Å². The third-order valence-electron chi connectivity index (χ3n) is 1.90. The van der Waals surface area contributed by atoms with Crippen molar-refractivity contribution in [3.05, 3.63) is 24.3 Å². The smallest absolute Gasteiger partial charge is 0.129 e. The predicted octanol–water partition coefficient (Wildman–Crippen LogP) is 4.10. The summed E-state index contributed by atoms with van der Waals surface area (Å²) in [5, 5.41) is 2.02. The van der Waals surface area contributed by atoms with Gasteiger partial charge in [-0.2, -0.15) is 0 Å². The summed E-state index contributed by atoms with van der Waals surface area (Å²) in [5.74, 6) is 0. The molecule has 0 aliphatic rings. The van der Waals surface area contributed by atoms with Crippen molar-refractivity contribution in [3.63, 3.8) is 0 Å². The Morgan fingerprint density at radius 1 is 0.812 bits per heavy atom. The van der Waals surface area contributed by atoms with Crippen molar-refractivity contribution >= 4 is 34.6 Å². The molecule has 16 heavy (non-hydrogen) atoms. The lowest BCUT2D eigenvalue weighted by atomic mass is 10.3. The van der Waals surface area contributed by atoms with Crippen molar-refractivity contribution < 1.29 is 0 Å². The van der Waals surface area contributed by atoms with Crippen molar-refractivity contribution in [1.82, 2.24) is 9.97 Å². The molecule has 1 heterocycles. The first kappa shape index (κ1) is 13.3. The molecule has 0 saturated carbocycles. The zero-order valence-corrected chi connectivity index (χ0v) is 11.7. The van der Waals surface area contributed by atoms with Gasteiger partial charge in [0.25, 0.3) is 0 Å². The lowest BCUT2D eigenvalue weighted by Gasteiger charge is -2.04. The highest BCUT2D eigenvalue weighted by molar-refractivity contribution is 8.01. The van der Waals surface area contributed by atoms with Gasteiger partial charge < -0.3 is 0 Å². The summed E-state index contributed by atoms with van der Waals surface area (Å²) in [4.78, 5) is 9.09. The van der Waals surface area contributed by atoms with Crippen molar-refractivity contribution in [2.45, 2.75) is 23.9 Å². The Labute approximate surface area is 105 Å². The van der Waals surface area contributed by atoms with Crippen LogP contribution >= 0.6 is 23.5 Å². The van der Waals surface area contributed by atoms with E-state index in [1.807, 2.05) is 50.6 Å². The molecule has 0 unspecified atom stereocenters. The number of benzene rings is 1. The minimum atomic E-state index is 0.967. The van der Waals surface area contributed by atoms with Gasteiger partial charge in [0.2, 0.25) is 0 Å². The molecule has 0 atom stereocenters. The van der Waals surface area contributed by atoms with Crippen LogP contribution in [0.1, 0.15) is 13.8 Å². The lowest BCUT2D eigenvalue weighted by molar-refractivity contribution is 0.974.